The van der Waals surface area contributed by atoms with E-state index in [1.54, 1.807) is 12.1 Å². The molecule has 92 valence electrons. The summed E-state index contributed by atoms with van der Waals surface area (Å²) in [6.45, 7) is 1.39. The van der Waals surface area contributed by atoms with Crippen LogP contribution in [0, 0.1) is 0 Å². The largest absolute Gasteiger partial charge is 0.387 e. The molecular formula is C12H16N2O3. The Morgan fingerprint density at radius 3 is 2.47 bits per heavy atom. The number of hydrogen-bond donors (Lipinski definition) is 3. The highest BCUT2D eigenvalue weighted by molar-refractivity contribution is 5.83. The Kier molecular flexibility index (Phi) is 5.16. The number of nitrogens with one attached hydrogen (secondary N) is 2. The van der Waals surface area contributed by atoms with Gasteiger partial charge in [-0.15, -0.1) is 0 Å². The summed E-state index contributed by atoms with van der Waals surface area (Å²) in [6, 6.07) is 9.05. The molecule has 0 aliphatic heterocycles. The van der Waals surface area contributed by atoms with E-state index in [0.29, 0.717) is 0 Å². The van der Waals surface area contributed by atoms with Gasteiger partial charge in [-0.1, -0.05) is 30.3 Å². The molecular weight excluding hydrogens is 220 g/mol. The second-order valence-corrected chi connectivity index (χ2v) is 3.64. The molecule has 0 heterocycles. The Morgan fingerprint density at radius 1 is 1.24 bits per heavy atom. The zero-order valence-electron chi connectivity index (χ0n) is 9.64. The Bertz CT molecular complexity index is 379. The first-order chi connectivity index (χ1) is 8.09. The first kappa shape index (κ1) is 13.2. The van der Waals surface area contributed by atoms with Crippen molar-refractivity contribution >= 4 is 11.8 Å². The van der Waals surface area contributed by atoms with Crippen molar-refractivity contribution < 1.29 is 14.7 Å². The van der Waals surface area contributed by atoms with Crippen LogP contribution < -0.4 is 10.6 Å². The first-order valence-electron chi connectivity index (χ1n) is 5.33. The van der Waals surface area contributed by atoms with Crippen LogP contribution in [0.25, 0.3) is 0 Å². The van der Waals surface area contributed by atoms with Crippen LogP contribution in [0.4, 0.5) is 0 Å². The van der Waals surface area contributed by atoms with Gasteiger partial charge in [0.1, 0.15) is 0 Å². The van der Waals surface area contributed by atoms with Crippen molar-refractivity contribution in [3.8, 4) is 0 Å². The topological polar surface area (TPSA) is 78.4 Å². The molecule has 1 unspecified atom stereocenters. The number of benzene rings is 1. The number of carbonyl (C=O) groups is 2. The van der Waals surface area contributed by atoms with Crippen molar-refractivity contribution in [2.24, 2.45) is 0 Å². The summed E-state index contributed by atoms with van der Waals surface area (Å²) in [5.74, 6) is -0.584. The van der Waals surface area contributed by atoms with Crippen LogP contribution in [0.1, 0.15) is 18.6 Å². The van der Waals surface area contributed by atoms with Gasteiger partial charge < -0.3 is 15.7 Å². The molecule has 0 aliphatic carbocycles. The van der Waals surface area contributed by atoms with Gasteiger partial charge in [0.25, 0.3) is 0 Å². The average Bonchev–Trinajstić information content (AvgIpc) is 2.34. The minimum absolute atomic E-state index is 0.0726. The van der Waals surface area contributed by atoms with Gasteiger partial charge in [-0.3, -0.25) is 9.59 Å². The van der Waals surface area contributed by atoms with Gasteiger partial charge in [0, 0.05) is 13.5 Å². The monoisotopic (exact) mass is 236 g/mol. The van der Waals surface area contributed by atoms with Crippen LogP contribution >= 0.6 is 0 Å². The molecule has 5 heteroatoms. The number of carbonyl (C=O) groups excluding carboxylic acids is 2. The Labute approximate surface area is 99.8 Å². The highest BCUT2D eigenvalue weighted by atomic mass is 16.3. The minimum atomic E-state index is -0.738. The highest BCUT2D eigenvalue weighted by Gasteiger charge is 2.08. The fraction of sp³-hybridized carbons (Fsp3) is 0.333. The number of amides is 2. The van der Waals surface area contributed by atoms with Gasteiger partial charge in [-0.2, -0.15) is 0 Å². The molecule has 1 rings (SSSR count). The van der Waals surface area contributed by atoms with Crippen LogP contribution in [0.2, 0.25) is 0 Å². The predicted octanol–water partition coefficient (Wildman–Crippen LogP) is -0.0277. The molecule has 17 heavy (non-hydrogen) atoms. The van der Waals surface area contributed by atoms with Gasteiger partial charge in [-0.25, -0.2) is 0 Å². The van der Waals surface area contributed by atoms with Crippen LogP contribution in [0.3, 0.4) is 0 Å². The molecule has 2 amide bonds. The molecule has 1 aromatic carbocycles. The van der Waals surface area contributed by atoms with Gasteiger partial charge in [-0.05, 0) is 5.56 Å². The molecule has 0 saturated heterocycles. The van der Waals surface area contributed by atoms with E-state index in [1.807, 2.05) is 18.2 Å². The normalized spacial score (nSPS) is 11.6. The fourth-order valence-corrected chi connectivity index (χ4v) is 1.27. The summed E-state index contributed by atoms with van der Waals surface area (Å²) in [5, 5.41) is 14.7. The maximum absolute atomic E-state index is 11.2. The van der Waals surface area contributed by atoms with Crippen LogP contribution in [0.15, 0.2) is 30.3 Å². The first-order valence-corrected chi connectivity index (χ1v) is 5.33. The lowest BCUT2D eigenvalue weighted by molar-refractivity contribution is -0.125. The summed E-state index contributed by atoms with van der Waals surface area (Å²) >= 11 is 0. The zero-order chi connectivity index (χ0) is 12.7. The summed E-state index contributed by atoms with van der Waals surface area (Å²) < 4.78 is 0. The smallest absolute Gasteiger partial charge is 0.239 e. The third-order valence-electron chi connectivity index (χ3n) is 2.17. The summed E-state index contributed by atoms with van der Waals surface area (Å²) in [5.41, 5.74) is 0.743. The molecule has 3 N–H and O–H groups in total. The van der Waals surface area contributed by atoms with Crippen molar-refractivity contribution in [2.45, 2.75) is 13.0 Å². The summed E-state index contributed by atoms with van der Waals surface area (Å²) in [6.07, 6.45) is -0.738. The van der Waals surface area contributed by atoms with Gasteiger partial charge >= 0.3 is 0 Å². The zero-order valence-corrected chi connectivity index (χ0v) is 9.64. The molecule has 1 aromatic rings. The van der Waals surface area contributed by atoms with Gasteiger partial charge in [0.15, 0.2) is 0 Å². The molecule has 0 aliphatic rings. The van der Waals surface area contributed by atoms with E-state index in [2.05, 4.69) is 10.6 Å². The highest BCUT2D eigenvalue weighted by Crippen LogP contribution is 2.10. The minimum Gasteiger partial charge on any atom is -0.387 e. The second-order valence-electron chi connectivity index (χ2n) is 3.64. The maximum Gasteiger partial charge on any atom is 0.239 e. The van der Waals surface area contributed by atoms with Crippen LogP contribution in [-0.4, -0.2) is 30.0 Å². The predicted molar refractivity (Wildman–Crippen MR) is 63.1 cm³/mol. The standard InChI is InChI=1S/C12H16N2O3/c1-9(15)13-8-12(17)14-7-11(16)10-5-3-2-4-6-10/h2-6,11,16H,7-8H2,1H3,(H,13,15)(H,14,17). The number of hydrogen-bond acceptors (Lipinski definition) is 3. The molecule has 1 atom stereocenters. The molecule has 0 saturated carbocycles. The molecule has 5 nitrogen and oxygen atoms in total. The second kappa shape index (κ2) is 6.65. The molecule has 0 spiro atoms. The molecule has 0 radical (unpaired) electrons. The quantitative estimate of drug-likeness (QED) is 0.672. The van der Waals surface area contributed by atoms with E-state index in [4.69, 9.17) is 0 Å². The number of aliphatic hydroxyl groups excluding tert-OH is 1. The van der Waals surface area contributed by atoms with Crippen molar-refractivity contribution in [3.63, 3.8) is 0 Å². The summed E-state index contributed by atoms with van der Waals surface area (Å²) in [7, 11) is 0. The number of rotatable bonds is 5. The van der Waals surface area contributed by atoms with Crippen molar-refractivity contribution in [2.75, 3.05) is 13.1 Å². The van der Waals surface area contributed by atoms with E-state index in [1.165, 1.54) is 6.92 Å². The summed E-state index contributed by atoms with van der Waals surface area (Å²) in [4.78, 5) is 21.8. The lowest BCUT2D eigenvalue weighted by Gasteiger charge is -2.12. The Morgan fingerprint density at radius 2 is 1.88 bits per heavy atom. The van der Waals surface area contributed by atoms with Crippen molar-refractivity contribution in [1.29, 1.82) is 0 Å². The van der Waals surface area contributed by atoms with Gasteiger partial charge in [0.2, 0.25) is 11.8 Å². The lowest BCUT2D eigenvalue weighted by atomic mass is 10.1. The van der Waals surface area contributed by atoms with E-state index in [9.17, 15) is 14.7 Å². The van der Waals surface area contributed by atoms with Crippen molar-refractivity contribution in [1.82, 2.24) is 10.6 Å². The molecule has 0 fully saturated rings. The maximum atomic E-state index is 11.2. The molecule has 0 bridgehead atoms. The lowest BCUT2D eigenvalue weighted by Crippen LogP contribution is -2.37. The van der Waals surface area contributed by atoms with E-state index in [0.717, 1.165) is 5.56 Å². The van der Waals surface area contributed by atoms with E-state index >= 15 is 0 Å². The number of aliphatic hydroxyl groups is 1. The third kappa shape index (κ3) is 5.12. The van der Waals surface area contributed by atoms with Crippen LogP contribution in [-0.2, 0) is 9.59 Å². The van der Waals surface area contributed by atoms with Crippen LogP contribution in [0.5, 0.6) is 0 Å². The van der Waals surface area contributed by atoms with Crippen molar-refractivity contribution in [3.05, 3.63) is 35.9 Å². The third-order valence-corrected chi connectivity index (χ3v) is 2.17. The molecule has 0 aromatic heterocycles. The average molecular weight is 236 g/mol. The van der Waals surface area contributed by atoms with E-state index < -0.39 is 6.10 Å². The van der Waals surface area contributed by atoms with E-state index in [-0.39, 0.29) is 24.9 Å². The Hall–Kier alpha value is -1.88. The Balaban J connectivity index is 2.31. The SMILES string of the molecule is CC(=O)NCC(=O)NCC(O)c1ccccc1. The fourth-order valence-electron chi connectivity index (χ4n) is 1.27. The van der Waals surface area contributed by atoms with Gasteiger partial charge in [0.05, 0.1) is 12.6 Å².